The Labute approximate surface area is 160 Å². The number of halogens is 6. The van der Waals surface area contributed by atoms with Crippen molar-refractivity contribution < 1.29 is 51.5 Å². The summed E-state index contributed by atoms with van der Waals surface area (Å²) in [5.74, 6) is -2.15. The molecule has 0 saturated heterocycles. The maximum Gasteiger partial charge on any atom is 0.534 e. The smallest absolute Gasteiger partial charge is 0.375 e. The van der Waals surface area contributed by atoms with E-state index < -0.39 is 48.3 Å². The molecule has 0 aliphatic carbocycles. The lowest BCUT2D eigenvalue weighted by atomic mass is 9.99. The first kappa shape index (κ1) is 22.8. The standard InChI is InChI=1S/C15H10F6O6S2/c1-9-5-2-3-6-10(9)13-11(26-28(22,23)14(16,17)18)7-4-8-12(13)27-29(24,25)15(19,20)21/h2-8H,1H3. The first-order valence-electron chi connectivity index (χ1n) is 7.27. The van der Waals surface area contributed by atoms with Crippen LogP contribution in [-0.2, 0) is 20.2 Å². The highest BCUT2D eigenvalue weighted by Gasteiger charge is 2.50. The molecule has 0 amide bonds. The van der Waals surface area contributed by atoms with Gasteiger partial charge < -0.3 is 8.37 Å². The van der Waals surface area contributed by atoms with Gasteiger partial charge in [0.05, 0.1) is 5.56 Å². The highest BCUT2D eigenvalue weighted by Crippen LogP contribution is 2.43. The van der Waals surface area contributed by atoms with Crippen LogP contribution < -0.4 is 8.37 Å². The molecule has 6 nitrogen and oxygen atoms in total. The lowest BCUT2D eigenvalue weighted by Gasteiger charge is -2.18. The molecule has 0 heterocycles. The molecule has 0 spiro atoms. The molecule has 0 atom stereocenters. The monoisotopic (exact) mass is 464 g/mol. The van der Waals surface area contributed by atoms with E-state index in [0.29, 0.717) is 12.1 Å². The van der Waals surface area contributed by atoms with Gasteiger partial charge in [-0.3, -0.25) is 0 Å². The zero-order valence-corrected chi connectivity index (χ0v) is 15.7. The van der Waals surface area contributed by atoms with Gasteiger partial charge in [-0.2, -0.15) is 43.2 Å². The van der Waals surface area contributed by atoms with Gasteiger partial charge in [-0.25, -0.2) is 0 Å². The molecule has 2 rings (SSSR count). The summed E-state index contributed by atoms with van der Waals surface area (Å²) in [5, 5.41) is 0. The quantitative estimate of drug-likeness (QED) is 0.376. The topological polar surface area (TPSA) is 86.7 Å². The Bertz CT molecular complexity index is 1060. The molecule has 0 aliphatic rings. The summed E-state index contributed by atoms with van der Waals surface area (Å²) in [6.07, 6.45) is 0. The van der Waals surface area contributed by atoms with Crippen molar-refractivity contribution >= 4 is 20.2 Å². The van der Waals surface area contributed by atoms with E-state index in [-0.39, 0.29) is 11.1 Å². The molecule has 0 unspecified atom stereocenters. The molecule has 2 aromatic carbocycles. The molecule has 0 radical (unpaired) electrons. The number of aryl methyl sites for hydroxylation is 1. The first-order chi connectivity index (χ1) is 13.1. The Hall–Kier alpha value is -2.48. The van der Waals surface area contributed by atoms with Crippen molar-refractivity contribution in [3.05, 3.63) is 48.0 Å². The zero-order valence-electron chi connectivity index (χ0n) is 14.1. The number of benzene rings is 2. The maximum atomic E-state index is 12.7. The molecular weight excluding hydrogens is 454 g/mol. The van der Waals surface area contributed by atoms with E-state index in [1.807, 2.05) is 0 Å². The van der Waals surface area contributed by atoms with E-state index in [1.54, 1.807) is 0 Å². The number of hydrogen-bond acceptors (Lipinski definition) is 6. The van der Waals surface area contributed by atoms with E-state index in [1.165, 1.54) is 31.2 Å². The highest BCUT2D eigenvalue weighted by molar-refractivity contribution is 7.88. The summed E-state index contributed by atoms with van der Waals surface area (Å²) in [6, 6.07) is 7.58. The van der Waals surface area contributed by atoms with Crippen LogP contribution >= 0.6 is 0 Å². The van der Waals surface area contributed by atoms with Crippen LogP contribution in [-0.4, -0.2) is 27.9 Å². The summed E-state index contributed by atoms with van der Waals surface area (Å²) in [6.45, 7) is 1.40. The van der Waals surface area contributed by atoms with Crippen LogP contribution in [0.25, 0.3) is 11.1 Å². The average molecular weight is 464 g/mol. The van der Waals surface area contributed by atoms with E-state index in [9.17, 15) is 43.2 Å². The molecule has 0 aromatic heterocycles. The van der Waals surface area contributed by atoms with Crippen LogP contribution in [0.4, 0.5) is 26.3 Å². The summed E-state index contributed by atoms with van der Waals surface area (Å²) in [4.78, 5) is 0. The average Bonchev–Trinajstić information content (AvgIpc) is 2.53. The Morgan fingerprint density at radius 2 is 1.10 bits per heavy atom. The summed E-state index contributed by atoms with van der Waals surface area (Å²) < 4.78 is 130. The van der Waals surface area contributed by atoms with E-state index in [4.69, 9.17) is 0 Å². The largest absolute Gasteiger partial charge is 0.534 e. The molecule has 29 heavy (non-hydrogen) atoms. The first-order valence-corrected chi connectivity index (χ1v) is 10.1. The van der Waals surface area contributed by atoms with Crippen molar-refractivity contribution in [3.8, 4) is 22.6 Å². The minimum Gasteiger partial charge on any atom is -0.375 e. The number of rotatable bonds is 5. The van der Waals surface area contributed by atoms with Crippen molar-refractivity contribution in [3.63, 3.8) is 0 Å². The number of hydrogen-bond donors (Lipinski definition) is 0. The second-order valence-electron chi connectivity index (χ2n) is 5.41. The summed E-state index contributed by atoms with van der Waals surface area (Å²) >= 11 is 0. The summed E-state index contributed by atoms with van der Waals surface area (Å²) in [5.41, 5.74) is -12.3. The van der Waals surface area contributed by atoms with E-state index >= 15 is 0 Å². The van der Waals surface area contributed by atoms with Gasteiger partial charge in [0.2, 0.25) is 0 Å². The van der Waals surface area contributed by atoms with Crippen LogP contribution in [0, 0.1) is 6.92 Å². The van der Waals surface area contributed by atoms with E-state index in [0.717, 1.165) is 6.07 Å². The highest BCUT2D eigenvalue weighted by atomic mass is 32.2. The summed E-state index contributed by atoms with van der Waals surface area (Å²) in [7, 11) is -12.4. The SMILES string of the molecule is Cc1ccccc1-c1c(OS(=O)(=O)C(F)(F)F)cccc1OS(=O)(=O)C(F)(F)F. The minimum absolute atomic E-state index is 0.118. The zero-order chi connectivity index (χ0) is 22.3. The Morgan fingerprint density at radius 1 is 0.690 bits per heavy atom. The molecule has 0 saturated carbocycles. The van der Waals surface area contributed by atoms with Crippen molar-refractivity contribution in [1.29, 1.82) is 0 Å². The lowest BCUT2D eigenvalue weighted by Crippen LogP contribution is -2.29. The van der Waals surface area contributed by atoms with Gasteiger partial charge >= 0.3 is 31.3 Å². The predicted molar refractivity (Wildman–Crippen MR) is 87.8 cm³/mol. The maximum absolute atomic E-state index is 12.7. The molecule has 14 heteroatoms. The lowest BCUT2D eigenvalue weighted by molar-refractivity contribution is -0.0502. The molecule has 0 N–H and O–H groups in total. The molecule has 160 valence electrons. The van der Waals surface area contributed by atoms with Gasteiger partial charge in [-0.1, -0.05) is 30.3 Å². The fraction of sp³-hybridized carbons (Fsp3) is 0.200. The van der Waals surface area contributed by atoms with Crippen LogP contribution in [0.1, 0.15) is 5.56 Å². The van der Waals surface area contributed by atoms with Crippen LogP contribution in [0.5, 0.6) is 11.5 Å². The van der Waals surface area contributed by atoms with Crippen molar-refractivity contribution in [2.24, 2.45) is 0 Å². The Morgan fingerprint density at radius 3 is 1.48 bits per heavy atom. The molecule has 0 fully saturated rings. The third-order valence-electron chi connectivity index (χ3n) is 3.37. The number of alkyl halides is 6. The fourth-order valence-corrected chi connectivity index (χ4v) is 3.04. The van der Waals surface area contributed by atoms with Gasteiger partial charge in [0, 0.05) is 0 Å². The van der Waals surface area contributed by atoms with Crippen molar-refractivity contribution in [2.75, 3.05) is 0 Å². The van der Waals surface area contributed by atoms with Gasteiger partial charge in [-0.15, -0.1) is 0 Å². The van der Waals surface area contributed by atoms with Crippen molar-refractivity contribution in [2.45, 2.75) is 17.9 Å². The second-order valence-corrected chi connectivity index (χ2v) is 8.49. The minimum atomic E-state index is -6.21. The second kappa shape index (κ2) is 7.40. The third kappa shape index (κ3) is 4.75. The predicted octanol–water partition coefficient (Wildman–Crippen LogP) is 4.12. The van der Waals surface area contributed by atoms with Crippen LogP contribution in [0.3, 0.4) is 0 Å². The van der Waals surface area contributed by atoms with Gasteiger partial charge in [-0.05, 0) is 30.2 Å². The Balaban J connectivity index is 2.76. The fourth-order valence-electron chi connectivity index (χ4n) is 2.10. The van der Waals surface area contributed by atoms with E-state index in [2.05, 4.69) is 8.37 Å². The third-order valence-corrected chi connectivity index (χ3v) is 5.30. The molecule has 2 aromatic rings. The molecule has 0 bridgehead atoms. The van der Waals surface area contributed by atoms with Crippen molar-refractivity contribution in [1.82, 2.24) is 0 Å². The van der Waals surface area contributed by atoms with Crippen LogP contribution in [0.2, 0.25) is 0 Å². The molecule has 0 aliphatic heterocycles. The normalized spacial score (nSPS) is 13.2. The van der Waals surface area contributed by atoms with Gasteiger partial charge in [0.15, 0.2) is 11.5 Å². The van der Waals surface area contributed by atoms with Gasteiger partial charge in [0.1, 0.15) is 0 Å². The Kier molecular flexibility index (Phi) is 5.82. The van der Waals surface area contributed by atoms with Gasteiger partial charge in [0.25, 0.3) is 0 Å². The van der Waals surface area contributed by atoms with Crippen LogP contribution in [0.15, 0.2) is 42.5 Å². The molecular formula is C15H10F6O6S2.